The first-order valence-corrected chi connectivity index (χ1v) is 5.92. The number of hydrogen-bond donors (Lipinski definition) is 2. The van der Waals surface area contributed by atoms with E-state index < -0.39 is 15.8 Å². The summed E-state index contributed by atoms with van der Waals surface area (Å²) in [4.78, 5) is 0.0317. The Morgan fingerprint density at radius 2 is 1.88 bits per heavy atom. The summed E-state index contributed by atoms with van der Waals surface area (Å²) < 4.78 is 38.2. The molecule has 0 saturated heterocycles. The number of halogens is 2. The number of hydrogen-bond acceptors (Lipinski definition) is 3. The van der Waals surface area contributed by atoms with Crippen LogP contribution in [0.25, 0.3) is 0 Å². The van der Waals surface area contributed by atoms with E-state index in [1.165, 1.54) is 12.1 Å². The molecule has 0 aliphatic rings. The number of nitrogens with two attached hydrogens (primary N) is 1. The van der Waals surface area contributed by atoms with E-state index in [2.05, 4.69) is 4.72 Å². The summed E-state index contributed by atoms with van der Waals surface area (Å²) in [6.07, 6.45) is 0. The molecule has 1 aromatic rings. The topological polar surface area (TPSA) is 72.2 Å². The maximum absolute atomic E-state index is 12.6. The summed E-state index contributed by atoms with van der Waals surface area (Å²) >= 11 is 0. The molecule has 0 aliphatic heterocycles. The smallest absolute Gasteiger partial charge is 0.240 e. The standard InChI is InChI=1S/C9H13FN2O2S.ClH/c1-7(6-11)12-15(13,14)9-4-2-8(10)3-5-9;/h2-5,7,12H,6,11H2,1H3;1H/t7-;/m1./s1. The molecule has 0 aliphatic carbocycles. The molecule has 7 heteroatoms. The van der Waals surface area contributed by atoms with Crippen molar-refractivity contribution in [2.45, 2.75) is 17.9 Å². The molecular formula is C9H14ClFN2O2S. The van der Waals surface area contributed by atoms with E-state index in [0.717, 1.165) is 12.1 Å². The second-order valence-electron chi connectivity index (χ2n) is 3.21. The van der Waals surface area contributed by atoms with Gasteiger partial charge in [-0.2, -0.15) is 0 Å². The molecule has 1 rings (SSSR count). The Bertz CT molecular complexity index is 422. The minimum atomic E-state index is -3.59. The van der Waals surface area contributed by atoms with Crippen molar-refractivity contribution in [3.05, 3.63) is 30.1 Å². The van der Waals surface area contributed by atoms with Gasteiger partial charge in [-0.3, -0.25) is 0 Å². The van der Waals surface area contributed by atoms with Crippen molar-refractivity contribution in [2.24, 2.45) is 5.73 Å². The van der Waals surface area contributed by atoms with Crippen molar-refractivity contribution in [3.63, 3.8) is 0 Å². The molecule has 0 amide bonds. The highest BCUT2D eigenvalue weighted by atomic mass is 35.5. The van der Waals surface area contributed by atoms with Gasteiger partial charge in [0.2, 0.25) is 10.0 Å². The highest BCUT2D eigenvalue weighted by Crippen LogP contribution is 2.09. The molecule has 92 valence electrons. The van der Waals surface area contributed by atoms with Crippen molar-refractivity contribution in [3.8, 4) is 0 Å². The molecular weight excluding hydrogens is 255 g/mol. The van der Waals surface area contributed by atoms with Crippen LogP contribution in [0.2, 0.25) is 0 Å². The second-order valence-corrected chi connectivity index (χ2v) is 4.93. The lowest BCUT2D eigenvalue weighted by atomic mass is 10.4. The van der Waals surface area contributed by atoms with Crippen LogP contribution >= 0.6 is 12.4 Å². The molecule has 0 saturated carbocycles. The summed E-state index contributed by atoms with van der Waals surface area (Å²) in [5.41, 5.74) is 5.29. The molecule has 0 heterocycles. The predicted octanol–water partition coefficient (Wildman–Crippen LogP) is 0.873. The van der Waals surface area contributed by atoms with Gasteiger partial charge in [-0.25, -0.2) is 17.5 Å². The summed E-state index contributed by atoms with van der Waals surface area (Å²) in [6.45, 7) is 1.86. The van der Waals surface area contributed by atoms with Crippen LogP contribution in [0.15, 0.2) is 29.2 Å². The minimum absolute atomic E-state index is 0. The molecule has 0 unspecified atom stereocenters. The van der Waals surface area contributed by atoms with Crippen LogP contribution < -0.4 is 10.5 Å². The number of rotatable bonds is 4. The van der Waals surface area contributed by atoms with Gasteiger partial charge >= 0.3 is 0 Å². The van der Waals surface area contributed by atoms with Gasteiger partial charge in [-0.1, -0.05) is 0 Å². The molecule has 1 aromatic carbocycles. The number of benzene rings is 1. The average molecular weight is 269 g/mol. The number of sulfonamides is 1. The molecule has 3 N–H and O–H groups in total. The Morgan fingerprint density at radius 3 is 2.31 bits per heavy atom. The summed E-state index contributed by atoms with van der Waals surface area (Å²) in [6, 6.07) is 4.27. The third kappa shape index (κ3) is 4.05. The fraction of sp³-hybridized carbons (Fsp3) is 0.333. The van der Waals surface area contributed by atoms with Crippen LogP contribution in [0.3, 0.4) is 0 Å². The third-order valence-electron chi connectivity index (χ3n) is 1.83. The molecule has 0 fully saturated rings. The molecule has 4 nitrogen and oxygen atoms in total. The van der Waals surface area contributed by atoms with Gasteiger partial charge in [0.1, 0.15) is 5.82 Å². The van der Waals surface area contributed by atoms with Gasteiger partial charge in [-0.05, 0) is 31.2 Å². The van der Waals surface area contributed by atoms with Gasteiger partial charge in [0.25, 0.3) is 0 Å². The van der Waals surface area contributed by atoms with Crippen molar-refractivity contribution >= 4 is 22.4 Å². The molecule has 0 bridgehead atoms. The molecule has 1 atom stereocenters. The van der Waals surface area contributed by atoms with Gasteiger partial charge in [0.05, 0.1) is 4.90 Å². The largest absolute Gasteiger partial charge is 0.329 e. The van der Waals surface area contributed by atoms with Crippen LogP contribution in [-0.4, -0.2) is 21.0 Å². The molecule has 0 aromatic heterocycles. The van der Waals surface area contributed by atoms with Crippen LogP contribution in [0.1, 0.15) is 6.92 Å². The van der Waals surface area contributed by atoms with E-state index in [0.29, 0.717) is 0 Å². The lowest BCUT2D eigenvalue weighted by molar-refractivity contribution is 0.562. The van der Waals surface area contributed by atoms with Crippen molar-refractivity contribution in [1.29, 1.82) is 0 Å². The lowest BCUT2D eigenvalue weighted by Crippen LogP contribution is -2.37. The predicted molar refractivity (Wildman–Crippen MR) is 62.5 cm³/mol. The Balaban J connectivity index is 0.00000225. The monoisotopic (exact) mass is 268 g/mol. The summed E-state index contributed by atoms with van der Waals surface area (Å²) in [5, 5.41) is 0. The molecule has 16 heavy (non-hydrogen) atoms. The van der Waals surface area contributed by atoms with Gasteiger partial charge in [0, 0.05) is 12.6 Å². The zero-order valence-electron chi connectivity index (χ0n) is 8.68. The van der Waals surface area contributed by atoms with E-state index in [4.69, 9.17) is 5.73 Å². The first-order valence-electron chi connectivity index (χ1n) is 4.43. The van der Waals surface area contributed by atoms with E-state index in [-0.39, 0.29) is 29.9 Å². The maximum Gasteiger partial charge on any atom is 0.240 e. The van der Waals surface area contributed by atoms with Crippen molar-refractivity contribution in [1.82, 2.24) is 4.72 Å². The molecule has 0 spiro atoms. The zero-order valence-corrected chi connectivity index (χ0v) is 10.3. The van der Waals surface area contributed by atoms with Crippen LogP contribution in [0.5, 0.6) is 0 Å². The highest BCUT2D eigenvalue weighted by Gasteiger charge is 2.16. The van der Waals surface area contributed by atoms with Crippen LogP contribution in [0.4, 0.5) is 4.39 Å². The molecule has 0 radical (unpaired) electrons. The fourth-order valence-electron chi connectivity index (χ4n) is 0.995. The van der Waals surface area contributed by atoms with Gasteiger partial charge in [0.15, 0.2) is 0 Å². The van der Waals surface area contributed by atoms with Crippen LogP contribution in [0, 0.1) is 5.82 Å². The Kier molecular flexibility index (Phi) is 5.88. The van der Waals surface area contributed by atoms with Crippen LogP contribution in [-0.2, 0) is 10.0 Å². The normalized spacial score (nSPS) is 12.9. The Hall–Kier alpha value is -0.690. The van der Waals surface area contributed by atoms with E-state index >= 15 is 0 Å². The Morgan fingerprint density at radius 1 is 1.38 bits per heavy atom. The highest BCUT2D eigenvalue weighted by molar-refractivity contribution is 7.89. The number of nitrogens with one attached hydrogen (secondary N) is 1. The quantitative estimate of drug-likeness (QED) is 0.851. The summed E-state index contributed by atoms with van der Waals surface area (Å²) in [7, 11) is -3.59. The SMILES string of the molecule is C[C@H](CN)NS(=O)(=O)c1ccc(F)cc1.Cl. The first-order chi connectivity index (χ1) is 6.95. The fourth-order valence-corrected chi connectivity index (χ4v) is 2.25. The summed E-state index contributed by atoms with van der Waals surface area (Å²) in [5.74, 6) is -0.471. The zero-order chi connectivity index (χ0) is 11.5. The lowest BCUT2D eigenvalue weighted by Gasteiger charge is -2.11. The maximum atomic E-state index is 12.6. The van der Waals surface area contributed by atoms with Crippen molar-refractivity contribution < 1.29 is 12.8 Å². The van der Waals surface area contributed by atoms with E-state index in [1.807, 2.05) is 0 Å². The second kappa shape index (κ2) is 6.15. The van der Waals surface area contributed by atoms with E-state index in [1.54, 1.807) is 6.92 Å². The third-order valence-corrected chi connectivity index (χ3v) is 3.44. The Labute approximate surface area is 100 Å². The van der Waals surface area contributed by atoms with Gasteiger partial charge < -0.3 is 5.73 Å². The van der Waals surface area contributed by atoms with Gasteiger partial charge in [-0.15, -0.1) is 12.4 Å². The minimum Gasteiger partial charge on any atom is -0.329 e. The first kappa shape index (κ1) is 15.3. The van der Waals surface area contributed by atoms with E-state index in [9.17, 15) is 12.8 Å². The van der Waals surface area contributed by atoms with Crippen molar-refractivity contribution in [2.75, 3.05) is 6.54 Å². The average Bonchev–Trinajstić information content (AvgIpc) is 2.17.